The molecule has 3 heteroatoms. The van der Waals surface area contributed by atoms with Crippen LogP contribution in [-0.4, -0.2) is 5.97 Å². The fourth-order valence-corrected chi connectivity index (χ4v) is 2.72. The molecule has 0 amide bonds. The monoisotopic (exact) mass is 230 g/mol. The topological polar surface area (TPSA) is 26.3 Å². The number of fused-ring (bicyclic) bond motifs is 1. The Kier molecular flexibility index (Phi) is 2.26. The van der Waals surface area contributed by atoms with Crippen LogP contribution in [-0.2, 0) is 11.2 Å². The molecule has 0 saturated carbocycles. The lowest BCUT2D eigenvalue weighted by molar-refractivity contribution is 0.0388. The molecule has 1 aliphatic heterocycles. The second-order valence-electron chi connectivity index (χ2n) is 3.76. The number of carbonyl (C=O) groups is 1. The highest BCUT2D eigenvalue weighted by Crippen LogP contribution is 2.33. The van der Waals surface area contributed by atoms with Gasteiger partial charge < -0.3 is 4.74 Å². The van der Waals surface area contributed by atoms with E-state index in [4.69, 9.17) is 4.74 Å². The second-order valence-corrected chi connectivity index (χ2v) is 4.80. The van der Waals surface area contributed by atoms with E-state index in [-0.39, 0.29) is 12.1 Å². The van der Waals surface area contributed by atoms with Crippen molar-refractivity contribution < 1.29 is 9.53 Å². The highest BCUT2D eigenvalue weighted by atomic mass is 32.1. The summed E-state index contributed by atoms with van der Waals surface area (Å²) in [6, 6.07) is 11.7. The van der Waals surface area contributed by atoms with Crippen LogP contribution in [0, 0.1) is 0 Å². The summed E-state index contributed by atoms with van der Waals surface area (Å²) in [5.41, 5.74) is 1.73. The van der Waals surface area contributed by atoms with Crippen LogP contribution in [0.4, 0.5) is 0 Å². The summed E-state index contributed by atoms with van der Waals surface area (Å²) in [5, 5.41) is 2.04. The minimum atomic E-state index is -0.197. The number of carbonyl (C=O) groups excluding carboxylic acids is 1. The standard InChI is InChI=1S/C13H10O2S/c14-13-11-6-2-1-5-10(11)12(15-13)8-9-4-3-7-16-9/h1-7,12H,8H2/t12-/m0/s1. The first-order chi connectivity index (χ1) is 7.84. The van der Waals surface area contributed by atoms with Gasteiger partial charge in [0.15, 0.2) is 0 Å². The third-order valence-electron chi connectivity index (χ3n) is 2.74. The molecule has 0 spiro atoms. The van der Waals surface area contributed by atoms with Crippen molar-refractivity contribution in [2.75, 3.05) is 0 Å². The van der Waals surface area contributed by atoms with E-state index in [9.17, 15) is 4.79 Å². The summed E-state index contributed by atoms with van der Waals surface area (Å²) in [5.74, 6) is -0.197. The van der Waals surface area contributed by atoms with Crippen LogP contribution in [0.15, 0.2) is 41.8 Å². The molecule has 2 nitrogen and oxygen atoms in total. The quantitative estimate of drug-likeness (QED) is 0.740. The van der Waals surface area contributed by atoms with Crippen LogP contribution >= 0.6 is 11.3 Å². The molecule has 1 atom stereocenters. The Morgan fingerprint density at radius 3 is 2.88 bits per heavy atom. The van der Waals surface area contributed by atoms with Crippen LogP contribution in [0.3, 0.4) is 0 Å². The average Bonchev–Trinajstić information content (AvgIpc) is 2.90. The van der Waals surface area contributed by atoms with Gasteiger partial charge in [-0.05, 0) is 17.5 Å². The van der Waals surface area contributed by atoms with Gasteiger partial charge in [-0.3, -0.25) is 0 Å². The van der Waals surface area contributed by atoms with Crippen molar-refractivity contribution in [1.29, 1.82) is 0 Å². The normalized spacial score (nSPS) is 18.2. The van der Waals surface area contributed by atoms with E-state index < -0.39 is 0 Å². The zero-order valence-corrected chi connectivity index (χ0v) is 9.37. The molecule has 0 bridgehead atoms. The molecule has 1 aromatic heterocycles. The molecule has 1 aromatic carbocycles. The molecule has 0 aliphatic carbocycles. The van der Waals surface area contributed by atoms with Crippen LogP contribution in [0.2, 0.25) is 0 Å². The lowest BCUT2D eigenvalue weighted by Crippen LogP contribution is -2.01. The van der Waals surface area contributed by atoms with E-state index in [1.165, 1.54) is 4.88 Å². The number of cyclic esters (lactones) is 1. The lowest BCUT2D eigenvalue weighted by atomic mass is 10.0. The van der Waals surface area contributed by atoms with Crippen LogP contribution < -0.4 is 0 Å². The Balaban J connectivity index is 1.92. The number of ether oxygens (including phenoxy) is 1. The van der Waals surface area contributed by atoms with Gasteiger partial charge in [0, 0.05) is 16.9 Å². The molecule has 2 heterocycles. The minimum absolute atomic E-state index is 0.109. The van der Waals surface area contributed by atoms with E-state index in [1.54, 1.807) is 11.3 Å². The first-order valence-electron chi connectivity index (χ1n) is 5.17. The maximum atomic E-state index is 11.6. The van der Waals surface area contributed by atoms with Crippen LogP contribution in [0.1, 0.15) is 26.9 Å². The van der Waals surface area contributed by atoms with Gasteiger partial charge in [-0.15, -0.1) is 11.3 Å². The molecule has 16 heavy (non-hydrogen) atoms. The predicted octanol–water partition coefficient (Wildman–Crippen LogP) is 3.20. The number of hydrogen-bond acceptors (Lipinski definition) is 3. The summed E-state index contributed by atoms with van der Waals surface area (Å²) in [7, 11) is 0. The van der Waals surface area contributed by atoms with Gasteiger partial charge in [-0.1, -0.05) is 24.3 Å². The van der Waals surface area contributed by atoms with Gasteiger partial charge in [-0.2, -0.15) is 0 Å². The fourth-order valence-electron chi connectivity index (χ4n) is 1.98. The van der Waals surface area contributed by atoms with E-state index in [0.717, 1.165) is 12.0 Å². The molecular formula is C13H10O2S. The Morgan fingerprint density at radius 2 is 2.06 bits per heavy atom. The maximum Gasteiger partial charge on any atom is 0.339 e. The number of esters is 1. The smallest absolute Gasteiger partial charge is 0.339 e. The van der Waals surface area contributed by atoms with Gasteiger partial charge in [-0.25, -0.2) is 4.79 Å². The summed E-state index contributed by atoms with van der Waals surface area (Å²) in [4.78, 5) is 12.8. The fraction of sp³-hybridized carbons (Fsp3) is 0.154. The van der Waals surface area contributed by atoms with Crippen molar-refractivity contribution in [3.05, 3.63) is 57.8 Å². The second kappa shape index (κ2) is 3.76. The molecule has 0 unspecified atom stereocenters. The summed E-state index contributed by atoms with van der Waals surface area (Å²) < 4.78 is 5.37. The van der Waals surface area contributed by atoms with Crippen molar-refractivity contribution in [3.63, 3.8) is 0 Å². The third kappa shape index (κ3) is 1.53. The Hall–Kier alpha value is -1.61. The first kappa shape index (κ1) is 9.60. The van der Waals surface area contributed by atoms with Gasteiger partial charge >= 0.3 is 5.97 Å². The molecule has 0 radical (unpaired) electrons. The summed E-state index contributed by atoms with van der Waals surface area (Å²) >= 11 is 1.69. The van der Waals surface area contributed by atoms with E-state index in [1.807, 2.05) is 35.7 Å². The van der Waals surface area contributed by atoms with E-state index in [2.05, 4.69) is 6.07 Å². The van der Waals surface area contributed by atoms with Crippen molar-refractivity contribution in [1.82, 2.24) is 0 Å². The zero-order chi connectivity index (χ0) is 11.0. The Morgan fingerprint density at radius 1 is 1.19 bits per heavy atom. The summed E-state index contributed by atoms with van der Waals surface area (Å²) in [6.07, 6.45) is 0.669. The summed E-state index contributed by atoms with van der Waals surface area (Å²) in [6.45, 7) is 0. The molecular weight excluding hydrogens is 220 g/mol. The van der Waals surface area contributed by atoms with E-state index >= 15 is 0 Å². The highest BCUT2D eigenvalue weighted by molar-refractivity contribution is 7.09. The lowest BCUT2D eigenvalue weighted by Gasteiger charge is -2.08. The molecule has 80 valence electrons. The molecule has 0 fully saturated rings. The van der Waals surface area contributed by atoms with Crippen molar-refractivity contribution in [3.8, 4) is 0 Å². The van der Waals surface area contributed by atoms with Gasteiger partial charge in [0.2, 0.25) is 0 Å². The SMILES string of the molecule is O=C1O[C@@H](Cc2cccs2)c2ccccc21. The largest absolute Gasteiger partial charge is 0.453 e. The molecule has 3 rings (SSSR count). The van der Waals surface area contributed by atoms with Gasteiger partial charge in [0.25, 0.3) is 0 Å². The van der Waals surface area contributed by atoms with Crippen molar-refractivity contribution in [2.24, 2.45) is 0 Å². The van der Waals surface area contributed by atoms with E-state index in [0.29, 0.717) is 5.56 Å². The molecule has 0 saturated heterocycles. The minimum Gasteiger partial charge on any atom is -0.453 e. The predicted molar refractivity (Wildman–Crippen MR) is 62.6 cm³/mol. The Bertz CT molecular complexity index is 516. The number of rotatable bonds is 2. The van der Waals surface area contributed by atoms with Crippen LogP contribution in [0.5, 0.6) is 0 Å². The number of benzene rings is 1. The van der Waals surface area contributed by atoms with Crippen LogP contribution in [0.25, 0.3) is 0 Å². The van der Waals surface area contributed by atoms with Crippen molar-refractivity contribution in [2.45, 2.75) is 12.5 Å². The first-order valence-corrected chi connectivity index (χ1v) is 6.05. The molecule has 0 N–H and O–H groups in total. The van der Waals surface area contributed by atoms with Crippen molar-refractivity contribution >= 4 is 17.3 Å². The van der Waals surface area contributed by atoms with Gasteiger partial charge in [0.1, 0.15) is 6.10 Å². The maximum absolute atomic E-state index is 11.6. The number of thiophene rings is 1. The van der Waals surface area contributed by atoms with Gasteiger partial charge in [0.05, 0.1) is 5.56 Å². The third-order valence-corrected chi connectivity index (χ3v) is 3.64. The zero-order valence-electron chi connectivity index (χ0n) is 8.55. The molecule has 1 aliphatic rings. The molecule has 2 aromatic rings. The highest BCUT2D eigenvalue weighted by Gasteiger charge is 2.30. The average molecular weight is 230 g/mol. The Labute approximate surface area is 97.5 Å². The number of hydrogen-bond donors (Lipinski definition) is 0.